The Hall–Kier alpha value is -1.75. The highest BCUT2D eigenvalue weighted by atomic mass is 16.5. The van der Waals surface area contributed by atoms with Crippen LogP contribution in [0.3, 0.4) is 0 Å². The van der Waals surface area contributed by atoms with Gasteiger partial charge in [-0.05, 0) is 19.1 Å². The van der Waals surface area contributed by atoms with Crippen LogP contribution in [-0.4, -0.2) is 12.6 Å². The first kappa shape index (κ1) is 9.34. The predicted molar refractivity (Wildman–Crippen MR) is 50.3 cm³/mol. The van der Waals surface area contributed by atoms with E-state index >= 15 is 0 Å². The standard InChI is InChI=1S/C11H10O2/c1-3-9-7-5-6-8-10(9)11(12)13-4-2/h1,5-8H,4H2,2H3. The second-order valence-corrected chi connectivity index (χ2v) is 2.41. The third kappa shape index (κ3) is 2.09. The molecule has 0 fully saturated rings. The summed E-state index contributed by atoms with van der Waals surface area (Å²) in [4.78, 5) is 11.3. The van der Waals surface area contributed by atoms with Crippen molar-refractivity contribution >= 4 is 5.97 Å². The average molecular weight is 174 g/mol. The van der Waals surface area contributed by atoms with Crippen molar-refractivity contribution in [3.8, 4) is 12.3 Å². The quantitative estimate of drug-likeness (QED) is 0.505. The van der Waals surface area contributed by atoms with Gasteiger partial charge in [0.2, 0.25) is 0 Å². The third-order valence-corrected chi connectivity index (χ3v) is 1.58. The number of benzene rings is 1. The van der Waals surface area contributed by atoms with Crippen molar-refractivity contribution in [1.82, 2.24) is 0 Å². The Morgan fingerprint density at radius 3 is 2.85 bits per heavy atom. The maximum absolute atomic E-state index is 11.3. The molecule has 0 aliphatic heterocycles. The molecule has 0 amide bonds. The smallest absolute Gasteiger partial charge is 0.339 e. The van der Waals surface area contributed by atoms with E-state index in [1.165, 1.54) is 0 Å². The first-order valence-electron chi connectivity index (χ1n) is 4.02. The van der Waals surface area contributed by atoms with E-state index in [1.54, 1.807) is 31.2 Å². The maximum atomic E-state index is 11.3. The largest absolute Gasteiger partial charge is 0.462 e. The van der Waals surface area contributed by atoms with Gasteiger partial charge in [0.05, 0.1) is 12.2 Å². The highest BCUT2D eigenvalue weighted by molar-refractivity contribution is 5.92. The van der Waals surface area contributed by atoms with Crippen LogP contribution in [0, 0.1) is 12.3 Å². The summed E-state index contributed by atoms with van der Waals surface area (Å²) in [6.45, 7) is 2.12. The summed E-state index contributed by atoms with van der Waals surface area (Å²) in [6, 6.07) is 6.92. The van der Waals surface area contributed by atoms with Crippen LogP contribution in [0.1, 0.15) is 22.8 Å². The average Bonchev–Trinajstić information content (AvgIpc) is 2.18. The summed E-state index contributed by atoms with van der Waals surface area (Å²) in [5.41, 5.74) is 1.02. The zero-order valence-electron chi connectivity index (χ0n) is 7.41. The van der Waals surface area contributed by atoms with Crippen LogP contribution in [0.25, 0.3) is 0 Å². The molecule has 0 spiro atoms. The molecule has 0 saturated heterocycles. The number of carbonyl (C=O) groups is 1. The molecule has 66 valence electrons. The van der Waals surface area contributed by atoms with E-state index in [2.05, 4.69) is 5.92 Å². The van der Waals surface area contributed by atoms with E-state index in [-0.39, 0.29) is 5.97 Å². The molecule has 0 radical (unpaired) electrons. The molecule has 0 unspecified atom stereocenters. The van der Waals surface area contributed by atoms with E-state index in [0.717, 1.165) is 0 Å². The van der Waals surface area contributed by atoms with Crippen molar-refractivity contribution < 1.29 is 9.53 Å². The van der Waals surface area contributed by atoms with Crippen LogP contribution in [0.4, 0.5) is 0 Å². The number of esters is 1. The van der Waals surface area contributed by atoms with Gasteiger partial charge in [-0.2, -0.15) is 0 Å². The van der Waals surface area contributed by atoms with Crippen molar-refractivity contribution in [1.29, 1.82) is 0 Å². The lowest BCUT2D eigenvalue weighted by Gasteiger charge is -2.02. The van der Waals surface area contributed by atoms with Gasteiger partial charge < -0.3 is 4.74 Å². The summed E-state index contributed by atoms with van der Waals surface area (Å²) in [5, 5.41) is 0. The van der Waals surface area contributed by atoms with E-state index < -0.39 is 0 Å². The van der Waals surface area contributed by atoms with Gasteiger partial charge in [-0.1, -0.05) is 18.1 Å². The van der Waals surface area contributed by atoms with Crippen LogP contribution in [0.5, 0.6) is 0 Å². The zero-order chi connectivity index (χ0) is 9.68. The van der Waals surface area contributed by atoms with Gasteiger partial charge in [-0.25, -0.2) is 4.79 Å². The second kappa shape index (κ2) is 4.32. The molecule has 0 saturated carbocycles. The van der Waals surface area contributed by atoms with E-state index in [4.69, 9.17) is 11.2 Å². The summed E-state index contributed by atoms with van der Waals surface area (Å²) in [6.07, 6.45) is 5.23. The van der Waals surface area contributed by atoms with Crippen molar-refractivity contribution in [2.45, 2.75) is 6.92 Å². The minimum absolute atomic E-state index is 0.359. The first-order valence-corrected chi connectivity index (χ1v) is 4.02. The SMILES string of the molecule is C#Cc1ccccc1C(=O)OCC. The van der Waals surface area contributed by atoms with E-state index in [0.29, 0.717) is 17.7 Å². The molecule has 13 heavy (non-hydrogen) atoms. The molecule has 0 heterocycles. The van der Waals surface area contributed by atoms with Gasteiger partial charge in [0.1, 0.15) is 0 Å². The van der Waals surface area contributed by atoms with Crippen molar-refractivity contribution in [2.75, 3.05) is 6.61 Å². The van der Waals surface area contributed by atoms with Gasteiger partial charge in [0.15, 0.2) is 0 Å². The molecule has 0 aromatic heterocycles. The number of rotatable bonds is 2. The fourth-order valence-corrected chi connectivity index (χ4v) is 0.996. The lowest BCUT2D eigenvalue weighted by Crippen LogP contribution is -2.06. The van der Waals surface area contributed by atoms with Gasteiger partial charge >= 0.3 is 5.97 Å². The molecule has 2 heteroatoms. The highest BCUT2D eigenvalue weighted by Gasteiger charge is 2.09. The molecule has 1 rings (SSSR count). The number of terminal acetylenes is 1. The van der Waals surface area contributed by atoms with Gasteiger partial charge in [0.25, 0.3) is 0 Å². The Morgan fingerprint density at radius 2 is 2.23 bits per heavy atom. The molecule has 0 aliphatic carbocycles. The summed E-state index contributed by atoms with van der Waals surface area (Å²) in [5.74, 6) is 2.07. The topological polar surface area (TPSA) is 26.3 Å². The van der Waals surface area contributed by atoms with Gasteiger partial charge in [-0.3, -0.25) is 0 Å². The molecular weight excluding hydrogens is 164 g/mol. The number of ether oxygens (including phenoxy) is 1. The molecule has 1 aromatic carbocycles. The zero-order valence-corrected chi connectivity index (χ0v) is 7.41. The first-order chi connectivity index (χ1) is 6.29. The fraction of sp³-hybridized carbons (Fsp3) is 0.182. The summed E-state index contributed by atoms with van der Waals surface area (Å²) < 4.78 is 4.84. The maximum Gasteiger partial charge on any atom is 0.339 e. The van der Waals surface area contributed by atoms with Gasteiger partial charge in [0, 0.05) is 5.56 Å². The van der Waals surface area contributed by atoms with Crippen LogP contribution >= 0.6 is 0 Å². The Labute approximate surface area is 77.5 Å². The summed E-state index contributed by atoms with van der Waals surface area (Å²) >= 11 is 0. The Morgan fingerprint density at radius 1 is 1.54 bits per heavy atom. The molecule has 1 aromatic rings. The molecule has 0 N–H and O–H groups in total. The highest BCUT2D eigenvalue weighted by Crippen LogP contribution is 2.08. The molecule has 2 nitrogen and oxygen atoms in total. The van der Waals surface area contributed by atoms with Crippen molar-refractivity contribution in [3.63, 3.8) is 0 Å². The molecule has 0 aliphatic rings. The van der Waals surface area contributed by atoms with Crippen LogP contribution in [-0.2, 0) is 4.74 Å². The molecular formula is C11H10O2. The monoisotopic (exact) mass is 174 g/mol. The molecule has 0 atom stereocenters. The predicted octanol–water partition coefficient (Wildman–Crippen LogP) is 1.84. The van der Waals surface area contributed by atoms with E-state index in [1.807, 2.05) is 0 Å². The third-order valence-electron chi connectivity index (χ3n) is 1.58. The van der Waals surface area contributed by atoms with Crippen LogP contribution in [0.2, 0.25) is 0 Å². The number of hydrogen-bond donors (Lipinski definition) is 0. The Balaban J connectivity index is 3.01. The molecule has 0 bridgehead atoms. The number of hydrogen-bond acceptors (Lipinski definition) is 2. The Kier molecular flexibility index (Phi) is 3.10. The minimum atomic E-state index is -0.365. The van der Waals surface area contributed by atoms with Crippen molar-refractivity contribution in [3.05, 3.63) is 35.4 Å². The number of carbonyl (C=O) groups excluding carboxylic acids is 1. The van der Waals surface area contributed by atoms with Crippen molar-refractivity contribution in [2.24, 2.45) is 0 Å². The second-order valence-electron chi connectivity index (χ2n) is 2.41. The van der Waals surface area contributed by atoms with E-state index in [9.17, 15) is 4.79 Å². The summed E-state index contributed by atoms with van der Waals surface area (Å²) in [7, 11) is 0. The lowest BCUT2D eigenvalue weighted by atomic mass is 10.1. The fourth-order valence-electron chi connectivity index (χ4n) is 0.996. The van der Waals surface area contributed by atoms with Crippen LogP contribution < -0.4 is 0 Å². The van der Waals surface area contributed by atoms with Gasteiger partial charge in [-0.15, -0.1) is 6.42 Å². The Bertz CT molecular complexity index is 347. The lowest BCUT2D eigenvalue weighted by molar-refractivity contribution is 0.0526. The minimum Gasteiger partial charge on any atom is -0.462 e. The van der Waals surface area contributed by atoms with Crippen LogP contribution in [0.15, 0.2) is 24.3 Å². The normalized spacial score (nSPS) is 8.92.